The first-order chi connectivity index (χ1) is 12.2. The van der Waals surface area contributed by atoms with E-state index in [1.54, 1.807) is 0 Å². The second-order valence-corrected chi connectivity index (χ2v) is 5.88. The van der Waals surface area contributed by atoms with E-state index in [0.717, 1.165) is 11.1 Å². The van der Waals surface area contributed by atoms with Crippen LogP contribution in [0.3, 0.4) is 0 Å². The van der Waals surface area contributed by atoms with E-state index in [-0.39, 0.29) is 0 Å². The van der Waals surface area contributed by atoms with Crippen LogP contribution in [0, 0.1) is 12.7 Å². The molecule has 0 atom stereocenters. The Morgan fingerprint density at radius 2 is 1.76 bits per heavy atom. The third kappa shape index (κ3) is 2.76. The van der Waals surface area contributed by atoms with Crippen molar-refractivity contribution in [3.8, 4) is 17.2 Å². The zero-order valence-electron chi connectivity index (χ0n) is 13.9. The van der Waals surface area contributed by atoms with Gasteiger partial charge >= 0.3 is 0 Å². The first-order valence-corrected chi connectivity index (χ1v) is 7.96. The minimum Gasteiger partial charge on any atom is -0.493 e. The molecular weight excluding hydrogens is 317 g/mol. The van der Waals surface area contributed by atoms with Gasteiger partial charge in [-0.05, 0) is 25.1 Å². The van der Waals surface area contributed by atoms with Crippen molar-refractivity contribution in [3.05, 3.63) is 83.2 Å². The Bertz CT molecular complexity index is 978. The van der Waals surface area contributed by atoms with Crippen molar-refractivity contribution in [2.24, 2.45) is 4.99 Å². The van der Waals surface area contributed by atoms with E-state index in [2.05, 4.69) is 0 Å². The number of benzene rings is 3. The lowest BCUT2D eigenvalue weighted by molar-refractivity contribution is 0.376. The number of nitrogens with zero attached hydrogens (tertiary/aromatic N) is 1. The summed E-state index contributed by atoms with van der Waals surface area (Å²) in [4.78, 5) is 4.77. The number of aliphatic imine (C=N–C) groups is 1. The molecule has 0 amide bonds. The molecule has 4 heteroatoms. The molecule has 4 rings (SSSR count). The third-order valence-electron chi connectivity index (χ3n) is 4.13. The fourth-order valence-corrected chi connectivity index (χ4v) is 2.86. The summed E-state index contributed by atoms with van der Waals surface area (Å²) in [6, 6.07) is 18.2. The van der Waals surface area contributed by atoms with E-state index < -0.39 is 5.82 Å². The lowest BCUT2D eigenvalue weighted by Gasteiger charge is -2.14. The van der Waals surface area contributed by atoms with Crippen LogP contribution in [-0.4, -0.2) is 12.8 Å². The van der Waals surface area contributed by atoms with Gasteiger partial charge in [-0.1, -0.05) is 42.0 Å². The molecule has 1 aliphatic heterocycles. The Morgan fingerprint density at radius 3 is 2.52 bits per heavy atom. The van der Waals surface area contributed by atoms with E-state index >= 15 is 0 Å². The number of fused-ring (bicyclic) bond motifs is 2. The summed E-state index contributed by atoms with van der Waals surface area (Å²) in [5.74, 6) is 1.01. The van der Waals surface area contributed by atoms with Gasteiger partial charge in [-0.3, -0.25) is 0 Å². The van der Waals surface area contributed by atoms with Crippen LogP contribution in [0.1, 0.15) is 16.7 Å². The minimum atomic E-state index is -0.398. The number of hydrogen-bond donors (Lipinski definition) is 0. The molecule has 0 saturated heterocycles. The van der Waals surface area contributed by atoms with Gasteiger partial charge in [0.05, 0.1) is 18.4 Å². The molecule has 0 unspecified atom stereocenters. The quantitative estimate of drug-likeness (QED) is 0.490. The topological polar surface area (TPSA) is 30.8 Å². The molecule has 0 fully saturated rings. The van der Waals surface area contributed by atoms with Crippen molar-refractivity contribution in [3.63, 3.8) is 0 Å². The summed E-state index contributed by atoms with van der Waals surface area (Å²) >= 11 is 0. The first-order valence-electron chi connectivity index (χ1n) is 7.96. The van der Waals surface area contributed by atoms with Crippen molar-refractivity contribution < 1.29 is 13.9 Å². The molecule has 1 heterocycles. The molecule has 0 N–H and O–H groups in total. The van der Waals surface area contributed by atoms with Gasteiger partial charge in [0.15, 0.2) is 17.2 Å². The molecule has 0 spiro atoms. The molecule has 0 bridgehead atoms. The summed E-state index contributed by atoms with van der Waals surface area (Å²) in [6.07, 6.45) is 0. The van der Waals surface area contributed by atoms with Crippen molar-refractivity contribution >= 4 is 11.4 Å². The molecule has 25 heavy (non-hydrogen) atoms. The number of rotatable bonds is 2. The molecule has 3 nitrogen and oxygen atoms in total. The van der Waals surface area contributed by atoms with E-state index in [4.69, 9.17) is 14.5 Å². The van der Waals surface area contributed by atoms with E-state index in [9.17, 15) is 4.39 Å². The Labute approximate surface area is 145 Å². The Kier molecular flexibility index (Phi) is 3.73. The summed E-state index contributed by atoms with van der Waals surface area (Å²) in [5.41, 5.74) is 3.94. The van der Waals surface area contributed by atoms with E-state index in [1.165, 1.54) is 19.2 Å². The lowest BCUT2D eigenvalue weighted by Crippen LogP contribution is -2.05. The van der Waals surface area contributed by atoms with E-state index in [0.29, 0.717) is 34.2 Å². The number of hydrogen-bond acceptors (Lipinski definition) is 3. The molecule has 0 saturated carbocycles. The predicted molar refractivity (Wildman–Crippen MR) is 95.9 cm³/mol. The Balaban J connectivity index is 2.03. The normalized spacial score (nSPS) is 12.4. The van der Waals surface area contributed by atoms with Crippen molar-refractivity contribution in [1.82, 2.24) is 0 Å². The summed E-state index contributed by atoms with van der Waals surface area (Å²) < 4.78 is 25.6. The molecule has 0 aliphatic carbocycles. The number of aryl methyl sites for hydroxylation is 1. The second kappa shape index (κ2) is 6.06. The van der Waals surface area contributed by atoms with Gasteiger partial charge in [0, 0.05) is 11.6 Å². The maximum absolute atomic E-state index is 14.2. The zero-order chi connectivity index (χ0) is 17.4. The van der Waals surface area contributed by atoms with Crippen molar-refractivity contribution in [1.29, 1.82) is 0 Å². The van der Waals surface area contributed by atoms with Gasteiger partial charge < -0.3 is 9.47 Å². The van der Waals surface area contributed by atoms with Crippen molar-refractivity contribution in [2.75, 3.05) is 7.11 Å². The van der Waals surface area contributed by atoms with Gasteiger partial charge in [0.2, 0.25) is 0 Å². The van der Waals surface area contributed by atoms with Crippen LogP contribution < -0.4 is 9.47 Å². The zero-order valence-corrected chi connectivity index (χ0v) is 13.9. The molecule has 124 valence electrons. The van der Waals surface area contributed by atoms with Crippen LogP contribution in [-0.2, 0) is 0 Å². The average molecular weight is 333 g/mol. The van der Waals surface area contributed by atoms with Crippen molar-refractivity contribution in [2.45, 2.75) is 6.92 Å². The number of methoxy groups -OCH3 is 1. The molecule has 0 aromatic heterocycles. The minimum absolute atomic E-state index is 0.339. The van der Waals surface area contributed by atoms with Gasteiger partial charge in [0.1, 0.15) is 11.5 Å². The maximum Gasteiger partial charge on any atom is 0.178 e. The summed E-state index contributed by atoms with van der Waals surface area (Å²) in [6.45, 7) is 2.02. The van der Waals surface area contributed by atoms with Gasteiger partial charge in [-0.15, -0.1) is 0 Å². The van der Waals surface area contributed by atoms with Gasteiger partial charge in [0.25, 0.3) is 0 Å². The monoisotopic (exact) mass is 333 g/mol. The lowest BCUT2D eigenvalue weighted by atomic mass is 9.99. The first kappa shape index (κ1) is 15.4. The van der Waals surface area contributed by atoms with Crippen LogP contribution in [0.25, 0.3) is 0 Å². The number of para-hydroxylation sites is 2. The van der Waals surface area contributed by atoms with Crippen LogP contribution in [0.5, 0.6) is 17.2 Å². The van der Waals surface area contributed by atoms with E-state index in [1.807, 2.05) is 55.5 Å². The molecule has 3 aromatic rings. The van der Waals surface area contributed by atoms with Crippen LogP contribution in [0.2, 0.25) is 0 Å². The fourth-order valence-electron chi connectivity index (χ4n) is 2.86. The molecule has 1 aliphatic rings. The fraction of sp³-hybridized carbons (Fsp3) is 0.0952. The SMILES string of the molecule is COc1cc(F)cc2c1Oc1ccccc1N=C2c1ccc(C)cc1. The van der Waals surface area contributed by atoms with Crippen LogP contribution >= 0.6 is 0 Å². The largest absolute Gasteiger partial charge is 0.493 e. The highest BCUT2D eigenvalue weighted by atomic mass is 19.1. The maximum atomic E-state index is 14.2. The van der Waals surface area contributed by atoms with Gasteiger partial charge in [-0.25, -0.2) is 9.38 Å². The molecule has 3 aromatic carbocycles. The van der Waals surface area contributed by atoms with Crippen LogP contribution in [0.4, 0.5) is 10.1 Å². The second-order valence-electron chi connectivity index (χ2n) is 5.88. The summed E-state index contributed by atoms with van der Waals surface area (Å²) in [5, 5.41) is 0. The highest BCUT2D eigenvalue weighted by molar-refractivity contribution is 6.16. The molecule has 0 radical (unpaired) electrons. The average Bonchev–Trinajstić information content (AvgIpc) is 2.78. The smallest absolute Gasteiger partial charge is 0.178 e. The Hall–Kier alpha value is -3.14. The number of halogens is 1. The number of ether oxygens (including phenoxy) is 2. The highest BCUT2D eigenvalue weighted by Crippen LogP contribution is 2.43. The van der Waals surface area contributed by atoms with Crippen LogP contribution in [0.15, 0.2) is 65.7 Å². The Morgan fingerprint density at radius 1 is 1.00 bits per heavy atom. The van der Waals surface area contributed by atoms with Gasteiger partial charge in [-0.2, -0.15) is 0 Å². The highest BCUT2D eigenvalue weighted by Gasteiger charge is 2.24. The third-order valence-corrected chi connectivity index (χ3v) is 4.13. The molecular formula is C21H16FNO2. The predicted octanol–water partition coefficient (Wildman–Crippen LogP) is 5.42. The standard InChI is InChI=1S/C21H16FNO2/c1-13-7-9-14(10-8-13)20-16-11-15(22)12-19(24-2)21(16)25-18-6-4-3-5-17(18)23-20/h3-12H,1-2H3. The summed E-state index contributed by atoms with van der Waals surface area (Å²) in [7, 11) is 1.50.